The highest BCUT2D eigenvalue weighted by Gasteiger charge is 2.30. The lowest BCUT2D eigenvalue weighted by molar-refractivity contribution is 0.0606. The number of aryl methyl sites for hydroxylation is 1. The van der Waals surface area contributed by atoms with Gasteiger partial charge in [0.2, 0.25) is 0 Å². The van der Waals surface area contributed by atoms with E-state index in [1.165, 1.54) is 7.11 Å². The molecular weight excluding hydrogens is 342 g/mol. The van der Waals surface area contributed by atoms with Crippen molar-refractivity contribution >= 4 is 29.0 Å². The monoisotopic (exact) mass is 361 g/mol. The summed E-state index contributed by atoms with van der Waals surface area (Å²) in [5.41, 5.74) is 0.603. The molecule has 1 saturated heterocycles. The summed E-state index contributed by atoms with van der Waals surface area (Å²) in [7, 11) is 3.06. The Bertz CT molecular complexity index is 802. The van der Waals surface area contributed by atoms with Crippen LogP contribution < -0.4 is 0 Å². The third kappa shape index (κ3) is 3.48. The summed E-state index contributed by atoms with van der Waals surface area (Å²) in [4.78, 5) is 39.3. The molecule has 1 aliphatic heterocycles. The normalized spacial score (nSPS) is 15.2. The van der Waals surface area contributed by atoms with Gasteiger partial charge in [-0.3, -0.25) is 14.3 Å². The molecule has 132 valence electrons. The van der Waals surface area contributed by atoms with E-state index in [2.05, 4.69) is 9.84 Å². The minimum Gasteiger partial charge on any atom is -0.465 e. The van der Waals surface area contributed by atoms with Gasteiger partial charge >= 0.3 is 5.97 Å². The van der Waals surface area contributed by atoms with Crippen molar-refractivity contribution in [2.75, 3.05) is 20.2 Å². The fourth-order valence-electron chi connectivity index (χ4n) is 2.99. The van der Waals surface area contributed by atoms with Crippen molar-refractivity contribution in [2.24, 2.45) is 13.0 Å². The average molecular weight is 361 g/mol. The third-order valence-electron chi connectivity index (χ3n) is 4.43. The average Bonchev–Trinajstić information content (AvgIpc) is 3.29. The Balaban J connectivity index is 1.61. The maximum Gasteiger partial charge on any atom is 0.348 e. The van der Waals surface area contributed by atoms with Gasteiger partial charge in [-0.2, -0.15) is 5.10 Å². The number of Topliss-reactive ketones (excluding diaryl/α,β-unsaturated/α-hetero) is 1. The first kappa shape index (κ1) is 17.3. The van der Waals surface area contributed by atoms with Crippen LogP contribution in [0.3, 0.4) is 0 Å². The van der Waals surface area contributed by atoms with Crippen molar-refractivity contribution < 1.29 is 19.1 Å². The van der Waals surface area contributed by atoms with Crippen molar-refractivity contribution in [1.82, 2.24) is 14.7 Å². The van der Waals surface area contributed by atoms with E-state index >= 15 is 0 Å². The molecular formula is C17H19N3O4S. The first-order chi connectivity index (χ1) is 12.0. The molecule has 0 radical (unpaired) electrons. The molecule has 1 fully saturated rings. The Labute approximate surface area is 149 Å². The summed E-state index contributed by atoms with van der Waals surface area (Å²) in [5.74, 6) is -0.555. The topological polar surface area (TPSA) is 81.5 Å². The number of rotatable bonds is 4. The second kappa shape index (κ2) is 7.18. The predicted molar refractivity (Wildman–Crippen MR) is 91.8 cm³/mol. The quantitative estimate of drug-likeness (QED) is 0.615. The van der Waals surface area contributed by atoms with Gasteiger partial charge in [0.25, 0.3) is 5.91 Å². The number of carbonyl (C=O) groups excluding carboxylic acids is 3. The number of carbonyl (C=O) groups is 3. The van der Waals surface area contributed by atoms with Crippen molar-refractivity contribution in [3.63, 3.8) is 0 Å². The lowest BCUT2D eigenvalue weighted by Crippen LogP contribution is -2.40. The number of methoxy groups -OCH3 is 1. The molecule has 7 nitrogen and oxygen atoms in total. The molecule has 0 unspecified atom stereocenters. The van der Waals surface area contributed by atoms with Gasteiger partial charge < -0.3 is 9.64 Å². The number of amides is 1. The van der Waals surface area contributed by atoms with E-state index in [1.807, 2.05) is 0 Å². The number of aromatic nitrogens is 2. The fraction of sp³-hybridized carbons (Fsp3) is 0.412. The number of hydrogen-bond acceptors (Lipinski definition) is 6. The first-order valence-corrected chi connectivity index (χ1v) is 8.82. The van der Waals surface area contributed by atoms with Crippen LogP contribution in [-0.4, -0.2) is 52.5 Å². The highest BCUT2D eigenvalue weighted by atomic mass is 32.1. The molecule has 0 atom stereocenters. The molecule has 0 aromatic carbocycles. The summed E-state index contributed by atoms with van der Waals surface area (Å²) < 4.78 is 6.25. The van der Waals surface area contributed by atoms with Crippen LogP contribution in [0.15, 0.2) is 24.4 Å². The second-order valence-corrected chi connectivity index (χ2v) is 7.01. The van der Waals surface area contributed by atoms with E-state index < -0.39 is 5.97 Å². The summed E-state index contributed by atoms with van der Waals surface area (Å²) in [6.45, 7) is 1.05. The smallest absolute Gasteiger partial charge is 0.348 e. The summed E-state index contributed by atoms with van der Waals surface area (Å²) in [6.07, 6.45) is 2.87. The van der Waals surface area contributed by atoms with Gasteiger partial charge in [0.05, 0.1) is 12.0 Å². The highest BCUT2D eigenvalue weighted by Crippen LogP contribution is 2.25. The van der Waals surface area contributed by atoms with E-state index in [0.717, 1.165) is 11.3 Å². The van der Waals surface area contributed by atoms with Crippen LogP contribution in [0.5, 0.6) is 0 Å². The fourth-order valence-corrected chi connectivity index (χ4v) is 3.88. The number of esters is 1. The first-order valence-electron chi connectivity index (χ1n) is 8.01. The Morgan fingerprint density at radius 2 is 1.84 bits per heavy atom. The van der Waals surface area contributed by atoms with Crippen LogP contribution >= 0.6 is 11.3 Å². The van der Waals surface area contributed by atoms with Gasteiger partial charge in [-0.1, -0.05) is 0 Å². The summed E-state index contributed by atoms with van der Waals surface area (Å²) in [6, 6.07) is 4.97. The number of thiophene rings is 1. The lowest BCUT2D eigenvalue weighted by Gasteiger charge is -2.31. The van der Waals surface area contributed by atoms with Crippen LogP contribution in [0.2, 0.25) is 0 Å². The SMILES string of the molecule is COC(=O)c1ccc(C(=O)N2CCC(C(=O)c3ccnn3C)CC2)s1. The van der Waals surface area contributed by atoms with E-state index in [1.54, 1.807) is 41.0 Å². The van der Waals surface area contributed by atoms with Gasteiger partial charge in [0.1, 0.15) is 10.6 Å². The molecule has 2 aromatic heterocycles. The molecule has 0 spiro atoms. The van der Waals surface area contributed by atoms with Crippen LogP contribution in [0.4, 0.5) is 0 Å². The van der Waals surface area contributed by atoms with E-state index in [-0.39, 0.29) is 17.6 Å². The van der Waals surface area contributed by atoms with Gasteiger partial charge in [0.15, 0.2) is 5.78 Å². The molecule has 8 heteroatoms. The van der Waals surface area contributed by atoms with Crippen LogP contribution in [-0.2, 0) is 11.8 Å². The standard InChI is InChI=1S/C17H19N3O4S/c1-19-12(5-8-18-19)15(21)11-6-9-20(10-7-11)16(22)13-3-4-14(25-13)17(23)24-2/h3-5,8,11H,6-7,9-10H2,1-2H3. The lowest BCUT2D eigenvalue weighted by atomic mass is 9.91. The van der Waals surface area contributed by atoms with Gasteiger partial charge in [-0.25, -0.2) is 4.79 Å². The number of hydrogen-bond donors (Lipinski definition) is 0. The molecule has 0 saturated carbocycles. The maximum atomic E-state index is 12.6. The number of likely N-dealkylation sites (tertiary alicyclic amines) is 1. The molecule has 1 aliphatic rings. The van der Waals surface area contributed by atoms with Gasteiger partial charge in [-0.05, 0) is 31.0 Å². The maximum absolute atomic E-state index is 12.6. The number of nitrogens with zero attached hydrogens (tertiary/aromatic N) is 3. The molecule has 3 heterocycles. The molecule has 0 N–H and O–H groups in total. The zero-order valence-electron chi connectivity index (χ0n) is 14.1. The minimum absolute atomic E-state index is 0.0798. The van der Waals surface area contributed by atoms with Crippen LogP contribution in [0, 0.1) is 5.92 Å². The Morgan fingerprint density at radius 3 is 2.44 bits per heavy atom. The molecule has 0 bridgehead atoms. The second-order valence-electron chi connectivity index (χ2n) is 5.93. The molecule has 1 amide bonds. The summed E-state index contributed by atoms with van der Waals surface area (Å²) in [5, 5.41) is 4.03. The third-order valence-corrected chi connectivity index (χ3v) is 5.48. The van der Waals surface area contributed by atoms with Crippen LogP contribution in [0.1, 0.15) is 42.7 Å². The van der Waals surface area contributed by atoms with E-state index in [0.29, 0.717) is 41.4 Å². The van der Waals surface area contributed by atoms with Gasteiger partial charge in [0, 0.05) is 32.3 Å². The number of piperidine rings is 1. The Hall–Kier alpha value is -2.48. The molecule has 0 aliphatic carbocycles. The van der Waals surface area contributed by atoms with Crippen molar-refractivity contribution in [1.29, 1.82) is 0 Å². The molecule has 2 aromatic rings. The van der Waals surface area contributed by atoms with Gasteiger partial charge in [-0.15, -0.1) is 11.3 Å². The highest BCUT2D eigenvalue weighted by molar-refractivity contribution is 7.15. The molecule has 25 heavy (non-hydrogen) atoms. The Morgan fingerprint density at radius 1 is 1.16 bits per heavy atom. The predicted octanol–water partition coefficient (Wildman–Crippen LogP) is 2.00. The van der Waals surface area contributed by atoms with E-state index in [4.69, 9.17) is 0 Å². The van der Waals surface area contributed by atoms with Crippen molar-refractivity contribution in [3.8, 4) is 0 Å². The number of ketones is 1. The van der Waals surface area contributed by atoms with E-state index in [9.17, 15) is 14.4 Å². The largest absolute Gasteiger partial charge is 0.465 e. The summed E-state index contributed by atoms with van der Waals surface area (Å²) >= 11 is 1.13. The van der Waals surface area contributed by atoms with Crippen molar-refractivity contribution in [2.45, 2.75) is 12.8 Å². The molecule has 3 rings (SSSR count). The van der Waals surface area contributed by atoms with Crippen LogP contribution in [0.25, 0.3) is 0 Å². The minimum atomic E-state index is -0.440. The van der Waals surface area contributed by atoms with Crippen molar-refractivity contribution in [3.05, 3.63) is 39.8 Å². The zero-order chi connectivity index (χ0) is 18.0. The zero-order valence-corrected chi connectivity index (χ0v) is 14.9. The Kier molecular flexibility index (Phi) is 4.98. The number of ether oxygens (including phenoxy) is 1.